The van der Waals surface area contributed by atoms with Crippen LogP contribution in [-0.2, 0) is 11.3 Å². The number of amides is 1. The van der Waals surface area contributed by atoms with E-state index >= 15 is 0 Å². The predicted octanol–water partition coefficient (Wildman–Crippen LogP) is 3.04. The molecule has 0 aliphatic rings. The van der Waals surface area contributed by atoms with Gasteiger partial charge in [0.05, 0.1) is 19.1 Å². The third kappa shape index (κ3) is 3.96. The number of nitrogens with zero attached hydrogens (tertiary/aromatic N) is 1. The molecular formula is C12H19NO3. The van der Waals surface area contributed by atoms with Crippen LogP contribution < -0.4 is 0 Å². The van der Waals surface area contributed by atoms with Crippen molar-refractivity contribution in [2.45, 2.75) is 39.8 Å². The average Bonchev–Trinajstić information content (AvgIpc) is 2.63. The lowest BCUT2D eigenvalue weighted by molar-refractivity contribution is 0.0244. The van der Waals surface area contributed by atoms with Gasteiger partial charge in [-0.05, 0) is 33.8 Å². The summed E-state index contributed by atoms with van der Waals surface area (Å²) in [6.07, 6.45) is 2.93. The number of ether oxygens (including phenoxy) is 1. The van der Waals surface area contributed by atoms with E-state index in [1.54, 1.807) is 17.4 Å². The molecule has 0 saturated carbocycles. The van der Waals surface area contributed by atoms with Crippen LogP contribution in [-0.4, -0.2) is 23.1 Å². The highest BCUT2D eigenvalue weighted by Crippen LogP contribution is 2.12. The Labute approximate surface area is 96.2 Å². The number of furan rings is 1. The number of rotatable bonds is 3. The summed E-state index contributed by atoms with van der Waals surface area (Å²) in [6.45, 7) is 8.62. The van der Waals surface area contributed by atoms with Crippen LogP contribution in [0.15, 0.2) is 23.0 Å². The van der Waals surface area contributed by atoms with Crippen LogP contribution >= 0.6 is 0 Å². The molecule has 0 atom stereocenters. The SMILES string of the molecule is CCN(Cc1ccoc1)C(=O)OC(C)(C)C. The lowest BCUT2D eigenvalue weighted by Crippen LogP contribution is -2.36. The van der Waals surface area contributed by atoms with Gasteiger partial charge in [0.2, 0.25) is 0 Å². The van der Waals surface area contributed by atoms with Crippen molar-refractivity contribution >= 4 is 6.09 Å². The molecule has 0 aromatic carbocycles. The smallest absolute Gasteiger partial charge is 0.410 e. The molecule has 0 aliphatic carbocycles. The minimum atomic E-state index is -0.457. The Kier molecular flexibility index (Phi) is 3.99. The maximum absolute atomic E-state index is 11.8. The lowest BCUT2D eigenvalue weighted by atomic mass is 10.2. The maximum Gasteiger partial charge on any atom is 0.410 e. The van der Waals surface area contributed by atoms with Crippen molar-refractivity contribution in [3.8, 4) is 0 Å². The van der Waals surface area contributed by atoms with E-state index in [-0.39, 0.29) is 6.09 Å². The summed E-state index contributed by atoms with van der Waals surface area (Å²) in [5.74, 6) is 0. The van der Waals surface area contributed by atoms with E-state index in [1.807, 2.05) is 33.8 Å². The zero-order valence-corrected chi connectivity index (χ0v) is 10.3. The average molecular weight is 225 g/mol. The van der Waals surface area contributed by atoms with Crippen molar-refractivity contribution in [1.29, 1.82) is 0 Å². The summed E-state index contributed by atoms with van der Waals surface area (Å²) < 4.78 is 10.3. The topological polar surface area (TPSA) is 42.7 Å². The fraction of sp³-hybridized carbons (Fsp3) is 0.583. The molecule has 1 heterocycles. The molecule has 1 rings (SSSR count). The summed E-state index contributed by atoms with van der Waals surface area (Å²) in [4.78, 5) is 13.4. The highest BCUT2D eigenvalue weighted by atomic mass is 16.6. The second-order valence-electron chi connectivity index (χ2n) is 4.63. The van der Waals surface area contributed by atoms with Gasteiger partial charge in [-0.25, -0.2) is 4.79 Å². The molecule has 90 valence electrons. The molecule has 4 nitrogen and oxygen atoms in total. The maximum atomic E-state index is 11.8. The fourth-order valence-corrected chi connectivity index (χ4v) is 1.23. The molecular weight excluding hydrogens is 206 g/mol. The van der Waals surface area contributed by atoms with E-state index in [2.05, 4.69) is 0 Å². The number of hydrogen-bond donors (Lipinski definition) is 0. The first-order valence-corrected chi connectivity index (χ1v) is 5.41. The van der Waals surface area contributed by atoms with E-state index in [1.165, 1.54) is 0 Å². The van der Waals surface area contributed by atoms with Gasteiger partial charge in [0.1, 0.15) is 5.60 Å². The van der Waals surface area contributed by atoms with Gasteiger partial charge < -0.3 is 14.1 Å². The monoisotopic (exact) mass is 225 g/mol. The fourth-order valence-electron chi connectivity index (χ4n) is 1.23. The molecule has 0 saturated heterocycles. The summed E-state index contributed by atoms with van der Waals surface area (Å²) in [5, 5.41) is 0. The minimum Gasteiger partial charge on any atom is -0.472 e. The number of hydrogen-bond acceptors (Lipinski definition) is 3. The molecule has 0 bridgehead atoms. The third-order valence-electron chi connectivity index (χ3n) is 1.99. The van der Waals surface area contributed by atoms with Gasteiger partial charge in [-0.15, -0.1) is 0 Å². The van der Waals surface area contributed by atoms with E-state index < -0.39 is 5.60 Å². The Bertz CT molecular complexity index is 325. The first kappa shape index (κ1) is 12.6. The van der Waals surface area contributed by atoms with Gasteiger partial charge in [0, 0.05) is 12.1 Å². The minimum absolute atomic E-state index is 0.295. The third-order valence-corrected chi connectivity index (χ3v) is 1.99. The largest absolute Gasteiger partial charge is 0.472 e. The van der Waals surface area contributed by atoms with E-state index in [4.69, 9.17) is 9.15 Å². The number of carbonyl (C=O) groups excluding carboxylic acids is 1. The molecule has 0 fully saturated rings. The second kappa shape index (κ2) is 5.05. The summed E-state index contributed by atoms with van der Waals surface area (Å²) >= 11 is 0. The Balaban J connectivity index is 2.57. The van der Waals surface area contributed by atoms with Crippen molar-refractivity contribution in [2.24, 2.45) is 0 Å². The van der Waals surface area contributed by atoms with Crippen LogP contribution in [0, 0.1) is 0 Å². The van der Waals surface area contributed by atoms with Crippen molar-refractivity contribution in [2.75, 3.05) is 6.54 Å². The Morgan fingerprint density at radius 2 is 2.19 bits per heavy atom. The van der Waals surface area contributed by atoms with E-state index in [0.717, 1.165) is 5.56 Å². The van der Waals surface area contributed by atoms with Crippen molar-refractivity contribution in [1.82, 2.24) is 4.90 Å². The van der Waals surface area contributed by atoms with Gasteiger partial charge >= 0.3 is 6.09 Å². The standard InChI is InChI=1S/C12H19NO3/c1-5-13(8-10-6-7-15-9-10)11(14)16-12(2,3)4/h6-7,9H,5,8H2,1-4H3. The van der Waals surface area contributed by atoms with E-state index in [9.17, 15) is 4.79 Å². The molecule has 4 heteroatoms. The van der Waals surface area contributed by atoms with Gasteiger partial charge in [-0.1, -0.05) is 0 Å². The molecule has 1 aromatic heterocycles. The van der Waals surface area contributed by atoms with Gasteiger partial charge in [0.15, 0.2) is 0 Å². The van der Waals surface area contributed by atoms with Crippen LogP contribution in [0.3, 0.4) is 0 Å². The van der Waals surface area contributed by atoms with Gasteiger partial charge in [0.25, 0.3) is 0 Å². The van der Waals surface area contributed by atoms with Crippen LogP contribution in [0.4, 0.5) is 4.79 Å². The van der Waals surface area contributed by atoms with Crippen molar-refractivity contribution in [3.05, 3.63) is 24.2 Å². The van der Waals surface area contributed by atoms with Gasteiger partial charge in [-0.2, -0.15) is 0 Å². The second-order valence-corrected chi connectivity index (χ2v) is 4.63. The summed E-state index contributed by atoms with van der Waals surface area (Å²) in [7, 11) is 0. The Morgan fingerprint density at radius 1 is 1.50 bits per heavy atom. The van der Waals surface area contributed by atoms with Crippen molar-refractivity contribution < 1.29 is 13.9 Å². The Morgan fingerprint density at radius 3 is 2.62 bits per heavy atom. The molecule has 1 aromatic rings. The lowest BCUT2D eigenvalue weighted by Gasteiger charge is -2.26. The quantitative estimate of drug-likeness (QED) is 0.794. The van der Waals surface area contributed by atoms with Crippen LogP contribution in [0.25, 0.3) is 0 Å². The molecule has 0 unspecified atom stereocenters. The molecule has 0 N–H and O–H groups in total. The van der Waals surface area contributed by atoms with E-state index in [0.29, 0.717) is 13.1 Å². The van der Waals surface area contributed by atoms with Crippen molar-refractivity contribution in [3.63, 3.8) is 0 Å². The highest BCUT2D eigenvalue weighted by Gasteiger charge is 2.21. The first-order valence-electron chi connectivity index (χ1n) is 5.41. The summed E-state index contributed by atoms with van der Waals surface area (Å²) in [6, 6.07) is 1.84. The Hall–Kier alpha value is -1.45. The predicted molar refractivity (Wildman–Crippen MR) is 61.0 cm³/mol. The molecule has 16 heavy (non-hydrogen) atoms. The molecule has 0 spiro atoms. The highest BCUT2D eigenvalue weighted by molar-refractivity contribution is 5.68. The van der Waals surface area contributed by atoms with Crippen LogP contribution in [0.5, 0.6) is 0 Å². The molecule has 0 aliphatic heterocycles. The van der Waals surface area contributed by atoms with Gasteiger partial charge in [-0.3, -0.25) is 0 Å². The van der Waals surface area contributed by atoms with Crippen LogP contribution in [0.1, 0.15) is 33.3 Å². The normalized spacial score (nSPS) is 11.2. The van der Waals surface area contributed by atoms with Crippen LogP contribution in [0.2, 0.25) is 0 Å². The molecule has 0 radical (unpaired) electrons. The zero-order valence-electron chi connectivity index (χ0n) is 10.3. The molecule has 1 amide bonds. The zero-order chi connectivity index (χ0) is 12.2. The summed E-state index contributed by atoms with van der Waals surface area (Å²) in [5.41, 5.74) is 0.508. The number of carbonyl (C=O) groups is 1. The first-order chi connectivity index (χ1) is 7.42.